The first-order chi connectivity index (χ1) is 9.49. The molecule has 0 unspecified atom stereocenters. The summed E-state index contributed by atoms with van der Waals surface area (Å²) in [4.78, 5) is 0.176. The van der Waals surface area contributed by atoms with Gasteiger partial charge in [0.2, 0.25) is 10.0 Å². The van der Waals surface area contributed by atoms with Crippen molar-refractivity contribution in [1.82, 2.24) is 10.0 Å². The fraction of sp³-hybridized carbons (Fsp3) is 0.538. The van der Waals surface area contributed by atoms with Crippen LogP contribution < -0.4 is 10.0 Å². The van der Waals surface area contributed by atoms with Gasteiger partial charge in [0.05, 0.1) is 11.0 Å². The van der Waals surface area contributed by atoms with E-state index in [1.807, 2.05) is 6.92 Å². The second-order valence-corrected chi connectivity index (χ2v) is 6.99. The van der Waals surface area contributed by atoms with E-state index in [2.05, 4.69) is 10.0 Å². The number of aryl methyl sites for hydroxylation is 1. The minimum atomic E-state index is -3.55. The number of nitrogens with one attached hydrogen (secondary N) is 2. The largest absolute Gasteiger partial charge is 0.375 e. The van der Waals surface area contributed by atoms with Gasteiger partial charge in [-0.1, -0.05) is 17.7 Å². The van der Waals surface area contributed by atoms with Crippen molar-refractivity contribution in [3.8, 4) is 0 Å². The summed E-state index contributed by atoms with van der Waals surface area (Å²) in [5.74, 6) is 0. The van der Waals surface area contributed by atoms with Crippen LogP contribution in [-0.4, -0.2) is 40.8 Å². The molecular weight excluding hydrogens is 300 g/mol. The summed E-state index contributed by atoms with van der Waals surface area (Å²) in [5, 5.41) is 3.65. The van der Waals surface area contributed by atoms with E-state index in [1.165, 1.54) is 6.07 Å². The fourth-order valence-electron chi connectivity index (χ4n) is 1.93. The number of hydrogen-bond donors (Lipinski definition) is 2. The molecule has 0 amide bonds. The number of hydrogen-bond acceptors (Lipinski definition) is 4. The van der Waals surface area contributed by atoms with Crippen LogP contribution in [0.25, 0.3) is 0 Å². The normalized spacial score (nSPS) is 20.6. The highest BCUT2D eigenvalue weighted by atomic mass is 35.5. The zero-order valence-electron chi connectivity index (χ0n) is 11.4. The maximum Gasteiger partial charge on any atom is 0.240 e. The summed E-state index contributed by atoms with van der Waals surface area (Å²) in [6.45, 7) is 4.28. The number of halogens is 1. The van der Waals surface area contributed by atoms with Crippen LogP contribution in [0.5, 0.6) is 0 Å². The second kappa shape index (κ2) is 6.87. The lowest BCUT2D eigenvalue weighted by Gasteiger charge is -2.16. The van der Waals surface area contributed by atoms with Gasteiger partial charge < -0.3 is 10.1 Å². The summed E-state index contributed by atoms with van der Waals surface area (Å²) in [7, 11) is -3.55. The van der Waals surface area contributed by atoms with E-state index in [1.54, 1.807) is 12.1 Å². The molecule has 2 N–H and O–H groups in total. The molecule has 1 aliphatic heterocycles. The summed E-state index contributed by atoms with van der Waals surface area (Å²) in [6, 6.07) is 4.71. The minimum Gasteiger partial charge on any atom is -0.375 e. The monoisotopic (exact) mass is 318 g/mol. The van der Waals surface area contributed by atoms with Crippen LogP contribution in [0.2, 0.25) is 5.02 Å². The van der Waals surface area contributed by atoms with Crippen LogP contribution in [-0.2, 0) is 14.8 Å². The van der Waals surface area contributed by atoms with Gasteiger partial charge in [-0.25, -0.2) is 13.1 Å². The van der Waals surface area contributed by atoms with Gasteiger partial charge in [0.15, 0.2) is 0 Å². The van der Waals surface area contributed by atoms with E-state index < -0.39 is 10.0 Å². The molecule has 1 aliphatic rings. The van der Waals surface area contributed by atoms with Gasteiger partial charge in [0.1, 0.15) is 0 Å². The molecular formula is C13H19ClN2O3S. The molecule has 0 radical (unpaired) electrons. The van der Waals surface area contributed by atoms with Crippen LogP contribution in [0.15, 0.2) is 23.1 Å². The van der Waals surface area contributed by atoms with Gasteiger partial charge in [-0.15, -0.1) is 0 Å². The van der Waals surface area contributed by atoms with Crippen molar-refractivity contribution in [2.24, 2.45) is 0 Å². The molecule has 0 aliphatic carbocycles. The second-order valence-electron chi connectivity index (χ2n) is 4.81. The zero-order chi connectivity index (χ0) is 14.6. The number of ether oxygens (including phenoxy) is 1. The van der Waals surface area contributed by atoms with Crippen molar-refractivity contribution in [2.45, 2.75) is 24.3 Å². The maximum atomic E-state index is 12.2. The van der Waals surface area contributed by atoms with Crippen molar-refractivity contribution < 1.29 is 13.2 Å². The zero-order valence-corrected chi connectivity index (χ0v) is 12.9. The topological polar surface area (TPSA) is 67.4 Å². The maximum absolute atomic E-state index is 12.2. The Kier molecular flexibility index (Phi) is 5.40. The third-order valence-electron chi connectivity index (χ3n) is 3.18. The third-order valence-corrected chi connectivity index (χ3v) is 5.01. The SMILES string of the molecule is Cc1ccc(S(=O)(=O)NC[C@@H]2CNCCCO2)cc1Cl. The Labute approximate surface area is 124 Å². The molecule has 112 valence electrons. The van der Waals surface area contributed by atoms with Crippen LogP contribution in [0, 0.1) is 6.92 Å². The molecule has 0 aromatic heterocycles. The Morgan fingerprint density at radius 1 is 1.50 bits per heavy atom. The molecule has 0 spiro atoms. The number of sulfonamides is 1. The molecule has 7 heteroatoms. The first kappa shape index (κ1) is 15.7. The summed E-state index contributed by atoms with van der Waals surface area (Å²) < 4.78 is 32.5. The summed E-state index contributed by atoms with van der Waals surface area (Å²) in [5.41, 5.74) is 0.849. The van der Waals surface area contributed by atoms with Crippen LogP contribution in [0.1, 0.15) is 12.0 Å². The standard InChI is InChI=1S/C13H19ClN2O3S/c1-10-3-4-12(7-13(10)14)20(17,18)16-9-11-8-15-5-2-6-19-11/h3-4,7,11,15-16H,2,5-6,8-9H2,1H3/t11-/m0/s1. The summed E-state index contributed by atoms with van der Waals surface area (Å²) in [6.07, 6.45) is 0.796. The highest BCUT2D eigenvalue weighted by molar-refractivity contribution is 7.89. The molecule has 20 heavy (non-hydrogen) atoms. The van der Waals surface area contributed by atoms with Crippen molar-refractivity contribution in [3.63, 3.8) is 0 Å². The Bertz CT molecular complexity index is 555. The fourth-order valence-corrected chi connectivity index (χ4v) is 3.26. The molecule has 0 saturated carbocycles. The van der Waals surface area contributed by atoms with Gasteiger partial charge in [0, 0.05) is 24.7 Å². The van der Waals surface area contributed by atoms with Crippen LogP contribution >= 0.6 is 11.6 Å². The van der Waals surface area contributed by atoms with Crippen molar-refractivity contribution in [3.05, 3.63) is 28.8 Å². The van der Waals surface area contributed by atoms with Crippen molar-refractivity contribution in [2.75, 3.05) is 26.2 Å². The van der Waals surface area contributed by atoms with E-state index in [-0.39, 0.29) is 17.5 Å². The Balaban J connectivity index is 2.01. The van der Waals surface area contributed by atoms with Crippen molar-refractivity contribution >= 4 is 21.6 Å². The first-order valence-corrected chi connectivity index (χ1v) is 8.43. The molecule has 1 atom stereocenters. The number of rotatable bonds is 4. The molecule has 5 nitrogen and oxygen atoms in total. The van der Waals surface area contributed by atoms with Gasteiger partial charge in [-0.2, -0.15) is 0 Å². The van der Waals surface area contributed by atoms with Gasteiger partial charge in [-0.3, -0.25) is 0 Å². The van der Waals surface area contributed by atoms with E-state index in [0.717, 1.165) is 18.5 Å². The Morgan fingerprint density at radius 3 is 3.05 bits per heavy atom. The van der Waals surface area contributed by atoms with E-state index >= 15 is 0 Å². The first-order valence-electron chi connectivity index (χ1n) is 6.57. The predicted molar refractivity (Wildman–Crippen MR) is 78.6 cm³/mol. The lowest BCUT2D eigenvalue weighted by Crippen LogP contribution is -2.38. The Hall–Kier alpha value is -0.660. The molecule has 1 heterocycles. The quantitative estimate of drug-likeness (QED) is 0.878. The molecule has 0 bridgehead atoms. The lowest BCUT2D eigenvalue weighted by atomic mass is 10.2. The summed E-state index contributed by atoms with van der Waals surface area (Å²) >= 11 is 5.96. The predicted octanol–water partition coefficient (Wildman–Crippen LogP) is 1.31. The van der Waals surface area contributed by atoms with E-state index in [4.69, 9.17) is 16.3 Å². The van der Waals surface area contributed by atoms with Gasteiger partial charge >= 0.3 is 0 Å². The molecule has 1 saturated heterocycles. The molecule has 1 aromatic carbocycles. The average Bonchev–Trinajstić information content (AvgIpc) is 2.68. The van der Waals surface area contributed by atoms with Gasteiger partial charge in [0.25, 0.3) is 0 Å². The third kappa shape index (κ3) is 4.17. The highest BCUT2D eigenvalue weighted by Gasteiger charge is 2.19. The average molecular weight is 319 g/mol. The molecule has 1 fully saturated rings. The van der Waals surface area contributed by atoms with E-state index in [0.29, 0.717) is 18.2 Å². The van der Waals surface area contributed by atoms with E-state index in [9.17, 15) is 8.42 Å². The highest BCUT2D eigenvalue weighted by Crippen LogP contribution is 2.19. The van der Waals surface area contributed by atoms with Crippen LogP contribution in [0.3, 0.4) is 0 Å². The lowest BCUT2D eigenvalue weighted by molar-refractivity contribution is 0.0707. The van der Waals surface area contributed by atoms with Crippen molar-refractivity contribution in [1.29, 1.82) is 0 Å². The van der Waals surface area contributed by atoms with Gasteiger partial charge in [-0.05, 0) is 37.6 Å². The molecule has 2 rings (SSSR count). The minimum absolute atomic E-state index is 0.145. The smallest absolute Gasteiger partial charge is 0.240 e. The molecule has 1 aromatic rings. The van der Waals surface area contributed by atoms with Crippen LogP contribution in [0.4, 0.5) is 0 Å². The Morgan fingerprint density at radius 2 is 2.30 bits per heavy atom. The number of benzene rings is 1.